The Labute approximate surface area is 127 Å². The molecule has 1 unspecified atom stereocenters. The number of aryl methyl sites for hydroxylation is 3. The van der Waals surface area contributed by atoms with Gasteiger partial charge in [0.15, 0.2) is 0 Å². The van der Waals surface area contributed by atoms with Crippen LogP contribution in [-0.4, -0.2) is 0 Å². The molecule has 0 saturated carbocycles. The molecular formula is C17H17BrFN. The van der Waals surface area contributed by atoms with Gasteiger partial charge in [-0.15, -0.1) is 0 Å². The first-order valence-electron chi connectivity index (χ1n) is 6.86. The van der Waals surface area contributed by atoms with Gasteiger partial charge in [-0.25, -0.2) is 4.39 Å². The van der Waals surface area contributed by atoms with Crippen LogP contribution in [0.2, 0.25) is 0 Å². The molecule has 0 amide bonds. The largest absolute Gasteiger partial charge is 0.377 e. The molecule has 104 valence electrons. The SMILES string of the molecule is Cc1cc(C)c(NC2CCc3cc(F)ccc32)c(Br)c1. The molecule has 1 aliphatic carbocycles. The predicted molar refractivity (Wildman–Crippen MR) is 84.7 cm³/mol. The van der Waals surface area contributed by atoms with Crippen LogP contribution in [0.4, 0.5) is 10.1 Å². The molecule has 2 aromatic carbocycles. The normalized spacial score (nSPS) is 17.1. The molecule has 0 aliphatic heterocycles. The van der Waals surface area contributed by atoms with Crippen LogP contribution in [-0.2, 0) is 6.42 Å². The van der Waals surface area contributed by atoms with Crippen molar-refractivity contribution >= 4 is 21.6 Å². The van der Waals surface area contributed by atoms with E-state index < -0.39 is 0 Å². The Morgan fingerprint density at radius 1 is 1.20 bits per heavy atom. The third-order valence-corrected chi connectivity index (χ3v) is 4.56. The van der Waals surface area contributed by atoms with E-state index in [-0.39, 0.29) is 11.9 Å². The number of hydrogen-bond donors (Lipinski definition) is 1. The first kappa shape index (κ1) is 13.6. The highest BCUT2D eigenvalue weighted by molar-refractivity contribution is 9.10. The van der Waals surface area contributed by atoms with Crippen molar-refractivity contribution in [3.8, 4) is 0 Å². The van der Waals surface area contributed by atoms with Crippen molar-refractivity contribution in [2.24, 2.45) is 0 Å². The number of hydrogen-bond acceptors (Lipinski definition) is 1. The highest BCUT2D eigenvalue weighted by atomic mass is 79.9. The van der Waals surface area contributed by atoms with Crippen LogP contribution in [0.1, 0.15) is 34.7 Å². The molecule has 0 aromatic heterocycles. The van der Waals surface area contributed by atoms with Gasteiger partial charge in [0, 0.05) is 4.47 Å². The second kappa shape index (κ2) is 5.21. The van der Waals surface area contributed by atoms with E-state index in [1.807, 2.05) is 6.07 Å². The number of halogens is 2. The summed E-state index contributed by atoms with van der Waals surface area (Å²) in [4.78, 5) is 0. The molecule has 0 bridgehead atoms. The maximum Gasteiger partial charge on any atom is 0.123 e. The summed E-state index contributed by atoms with van der Waals surface area (Å²) in [5.74, 6) is -0.142. The van der Waals surface area contributed by atoms with Gasteiger partial charge < -0.3 is 5.32 Å². The summed E-state index contributed by atoms with van der Waals surface area (Å²) < 4.78 is 14.3. The van der Waals surface area contributed by atoms with Crippen molar-refractivity contribution < 1.29 is 4.39 Å². The highest BCUT2D eigenvalue weighted by Gasteiger charge is 2.23. The molecule has 0 saturated heterocycles. The zero-order valence-corrected chi connectivity index (χ0v) is 13.2. The molecule has 1 atom stereocenters. The molecule has 2 aromatic rings. The van der Waals surface area contributed by atoms with Crippen LogP contribution in [0, 0.1) is 19.7 Å². The van der Waals surface area contributed by atoms with Gasteiger partial charge in [-0.1, -0.05) is 12.1 Å². The van der Waals surface area contributed by atoms with Gasteiger partial charge in [0.2, 0.25) is 0 Å². The fourth-order valence-corrected chi connectivity index (χ4v) is 3.80. The lowest BCUT2D eigenvalue weighted by molar-refractivity contribution is 0.626. The third kappa shape index (κ3) is 2.47. The Morgan fingerprint density at radius 3 is 2.75 bits per heavy atom. The summed E-state index contributed by atoms with van der Waals surface area (Å²) in [6.45, 7) is 4.20. The lowest BCUT2D eigenvalue weighted by Gasteiger charge is -2.19. The van der Waals surface area contributed by atoms with Gasteiger partial charge in [-0.2, -0.15) is 0 Å². The standard InChI is InChI=1S/C17H17BrFN/c1-10-7-11(2)17(15(18)8-10)20-16-6-3-12-9-13(19)4-5-14(12)16/h4-5,7-9,16,20H,3,6H2,1-2H3. The van der Waals surface area contributed by atoms with Gasteiger partial charge in [0.05, 0.1) is 11.7 Å². The Hall–Kier alpha value is -1.35. The van der Waals surface area contributed by atoms with Crippen molar-refractivity contribution in [3.63, 3.8) is 0 Å². The number of anilines is 1. The molecule has 0 spiro atoms. The maximum atomic E-state index is 13.3. The Balaban J connectivity index is 1.91. The minimum absolute atomic E-state index is 0.142. The molecule has 0 fully saturated rings. The smallest absolute Gasteiger partial charge is 0.123 e. The lowest BCUT2D eigenvalue weighted by atomic mass is 10.1. The van der Waals surface area contributed by atoms with Crippen LogP contribution in [0.25, 0.3) is 0 Å². The van der Waals surface area contributed by atoms with E-state index in [1.165, 1.54) is 16.7 Å². The van der Waals surface area contributed by atoms with Crippen LogP contribution in [0.5, 0.6) is 0 Å². The fraction of sp³-hybridized carbons (Fsp3) is 0.294. The summed E-state index contributed by atoms with van der Waals surface area (Å²) in [5.41, 5.74) is 5.96. The summed E-state index contributed by atoms with van der Waals surface area (Å²) >= 11 is 3.63. The van der Waals surface area contributed by atoms with E-state index in [9.17, 15) is 4.39 Å². The number of benzene rings is 2. The Kier molecular flexibility index (Phi) is 3.55. The van der Waals surface area contributed by atoms with Crippen molar-refractivity contribution in [1.29, 1.82) is 0 Å². The molecular weight excluding hydrogens is 317 g/mol. The monoisotopic (exact) mass is 333 g/mol. The van der Waals surface area contributed by atoms with Gasteiger partial charge in [-0.3, -0.25) is 0 Å². The molecule has 0 heterocycles. The van der Waals surface area contributed by atoms with E-state index >= 15 is 0 Å². The lowest BCUT2D eigenvalue weighted by Crippen LogP contribution is -2.09. The van der Waals surface area contributed by atoms with Crippen molar-refractivity contribution in [2.45, 2.75) is 32.7 Å². The fourth-order valence-electron chi connectivity index (χ4n) is 3.01. The molecule has 3 heteroatoms. The number of fused-ring (bicyclic) bond motifs is 1. The van der Waals surface area contributed by atoms with Gasteiger partial charge in [-0.05, 0) is 83.1 Å². The Morgan fingerprint density at radius 2 is 2.00 bits per heavy atom. The highest BCUT2D eigenvalue weighted by Crippen LogP contribution is 2.37. The van der Waals surface area contributed by atoms with Gasteiger partial charge >= 0.3 is 0 Å². The second-order valence-corrected chi connectivity index (χ2v) is 6.37. The maximum absolute atomic E-state index is 13.3. The molecule has 1 nitrogen and oxygen atoms in total. The second-order valence-electron chi connectivity index (χ2n) is 5.52. The minimum atomic E-state index is -0.142. The van der Waals surface area contributed by atoms with Crippen LogP contribution in [0.3, 0.4) is 0 Å². The zero-order chi connectivity index (χ0) is 14.3. The first-order chi connectivity index (χ1) is 9.54. The van der Waals surface area contributed by atoms with E-state index in [0.717, 1.165) is 28.6 Å². The van der Waals surface area contributed by atoms with E-state index in [1.54, 1.807) is 12.1 Å². The van der Waals surface area contributed by atoms with E-state index in [4.69, 9.17) is 0 Å². The van der Waals surface area contributed by atoms with Crippen LogP contribution in [0.15, 0.2) is 34.8 Å². The minimum Gasteiger partial charge on any atom is -0.377 e. The summed E-state index contributed by atoms with van der Waals surface area (Å²) in [5, 5.41) is 3.61. The summed E-state index contributed by atoms with van der Waals surface area (Å²) in [6, 6.07) is 9.68. The molecule has 0 radical (unpaired) electrons. The predicted octanol–water partition coefficient (Wildman–Crippen LogP) is 5.30. The van der Waals surface area contributed by atoms with E-state index in [2.05, 4.69) is 47.2 Å². The summed E-state index contributed by atoms with van der Waals surface area (Å²) in [6.07, 6.45) is 1.95. The molecule has 1 N–H and O–H groups in total. The average molecular weight is 334 g/mol. The third-order valence-electron chi connectivity index (χ3n) is 3.93. The molecule has 3 rings (SSSR count). The average Bonchev–Trinajstić information content (AvgIpc) is 2.76. The Bertz CT molecular complexity index is 643. The zero-order valence-electron chi connectivity index (χ0n) is 11.6. The van der Waals surface area contributed by atoms with Crippen LogP contribution >= 0.6 is 15.9 Å². The quantitative estimate of drug-likeness (QED) is 0.785. The number of nitrogens with one attached hydrogen (secondary N) is 1. The topological polar surface area (TPSA) is 12.0 Å². The van der Waals surface area contributed by atoms with Crippen molar-refractivity contribution in [2.75, 3.05) is 5.32 Å². The van der Waals surface area contributed by atoms with E-state index in [0.29, 0.717) is 0 Å². The summed E-state index contributed by atoms with van der Waals surface area (Å²) in [7, 11) is 0. The van der Waals surface area contributed by atoms with Gasteiger partial charge in [0.25, 0.3) is 0 Å². The van der Waals surface area contributed by atoms with Crippen molar-refractivity contribution in [3.05, 3.63) is 62.9 Å². The molecule has 20 heavy (non-hydrogen) atoms. The molecule has 1 aliphatic rings. The van der Waals surface area contributed by atoms with Crippen LogP contribution < -0.4 is 5.32 Å². The van der Waals surface area contributed by atoms with Crippen molar-refractivity contribution in [1.82, 2.24) is 0 Å². The van der Waals surface area contributed by atoms with Gasteiger partial charge in [0.1, 0.15) is 5.82 Å². The number of rotatable bonds is 2. The first-order valence-corrected chi connectivity index (χ1v) is 7.65.